The number of hydrogen-bond acceptors (Lipinski definition) is 5. The summed E-state index contributed by atoms with van der Waals surface area (Å²) in [6.07, 6.45) is 1.59. The second kappa shape index (κ2) is 5.13. The fraction of sp³-hybridized carbons (Fsp3) is 0.200. The highest BCUT2D eigenvalue weighted by atomic mass is 35.5. The van der Waals surface area contributed by atoms with E-state index in [-0.39, 0.29) is 6.04 Å². The van der Waals surface area contributed by atoms with Crippen molar-refractivity contribution in [3.63, 3.8) is 0 Å². The zero-order valence-corrected chi connectivity index (χ0v) is 9.90. The molecular formula is C10H12ClN5O. The molecule has 0 radical (unpaired) electrons. The predicted molar refractivity (Wildman–Crippen MR) is 63.6 cm³/mol. The molecule has 90 valence electrons. The Bertz CT molecular complexity index is 487. The van der Waals surface area contributed by atoms with E-state index in [1.807, 2.05) is 0 Å². The smallest absolute Gasteiger partial charge is 0.124 e. The summed E-state index contributed by atoms with van der Waals surface area (Å²) in [5, 5.41) is 10.9. The molecule has 2 rings (SSSR count). The first-order chi connectivity index (χ1) is 8.26. The minimum Gasteiger partial charge on any atom is -0.496 e. The SMILES string of the molecule is COc1ccc(Cl)cc1C(NN)c1cn[nH]n1. The lowest BCUT2D eigenvalue weighted by Gasteiger charge is -2.17. The molecule has 1 aromatic carbocycles. The Morgan fingerprint density at radius 3 is 2.94 bits per heavy atom. The van der Waals surface area contributed by atoms with Gasteiger partial charge in [-0.15, -0.1) is 0 Å². The summed E-state index contributed by atoms with van der Waals surface area (Å²) in [7, 11) is 1.59. The Morgan fingerprint density at radius 1 is 1.53 bits per heavy atom. The second-order valence-electron chi connectivity index (χ2n) is 3.38. The minimum atomic E-state index is -0.331. The van der Waals surface area contributed by atoms with Crippen molar-refractivity contribution in [1.82, 2.24) is 20.8 Å². The first kappa shape index (κ1) is 11.8. The van der Waals surface area contributed by atoms with Crippen LogP contribution in [0, 0.1) is 0 Å². The topological polar surface area (TPSA) is 88.9 Å². The number of hydrogen-bond donors (Lipinski definition) is 3. The molecule has 2 aromatic rings. The van der Waals surface area contributed by atoms with Gasteiger partial charge in [0.1, 0.15) is 11.4 Å². The van der Waals surface area contributed by atoms with Crippen molar-refractivity contribution in [2.75, 3.05) is 7.11 Å². The largest absolute Gasteiger partial charge is 0.496 e. The van der Waals surface area contributed by atoms with E-state index < -0.39 is 0 Å². The predicted octanol–water partition coefficient (Wildman–Crippen LogP) is 1.02. The molecule has 1 aromatic heterocycles. The van der Waals surface area contributed by atoms with Gasteiger partial charge in [0, 0.05) is 10.6 Å². The van der Waals surface area contributed by atoms with Gasteiger partial charge in [-0.25, -0.2) is 5.43 Å². The van der Waals surface area contributed by atoms with Crippen LogP contribution in [0.4, 0.5) is 0 Å². The van der Waals surface area contributed by atoms with Gasteiger partial charge in [0.25, 0.3) is 0 Å². The average molecular weight is 254 g/mol. The van der Waals surface area contributed by atoms with E-state index in [0.29, 0.717) is 16.5 Å². The van der Waals surface area contributed by atoms with Crippen LogP contribution in [0.5, 0.6) is 5.75 Å². The van der Waals surface area contributed by atoms with Gasteiger partial charge in [-0.2, -0.15) is 15.4 Å². The van der Waals surface area contributed by atoms with Crippen molar-refractivity contribution in [2.24, 2.45) is 5.84 Å². The normalized spacial score (nSPS) is 12.4. The van der Waals surface area contributed by atoms with Gasteiger partial charge in [0.15, 0.2) is 0 Å². The highest BCUT2D eigenvalue weighted by molar-refractivity contribution is 6.30. The van der Waals surface area contributed by atoms with Crippen molar-refractivity contribution in [3.05, 3.63) is 40.7 Å². The molecule has 0 aliphatic heterocycles. The summed E-state index contributed by atoms with van der Waals surface area (Å²) in [4.78, 5) is 0. The maximum absolute atomic E-state index is 5.97. The third-order valence-corrected chi connectivity index (χ3v) is 2.63. The number of aromatic amines is 1. The second-order valence-corrected chi connectivity index (χ2v) is 3.82. The lowest BCUT2D eigenvalue weighted by atomic mass is 10.0. The maximum atomic E-state index is 5.97. The summed E-state index contributed by atoms with van der Waals surface area (Å²) in [6.45, 7) is 0. The third kappa shape index (κ3) is 2.38. The molecule has 0 saturated carbocycles. The molecule has 7 heteroatoms. The number of nitrogens with two attached hydrogens (primary N) is 1. The number of ether oxygens (including phenoxy) is 1. The van der Waals surface area contributed by atoms with Gasteiger partial charge in [-0.05, 0) is 18.2 Å². The molecule has 0 spiro atoms. The number of aromatic nitrogens is 3. The summed E-state index contributed by atoms with van der Waals surface area (Å²) < 4.78 is 5.27. The summed E-state index contributed by atoms with van der Waals surface area (Å²) >= 11 is 5.97. The molecule has 4 N–H and O–H groups in total. The Balaban J connectivity index is 2.46. The van der Waals surface area contributed by atoms with E-state index in [4.69, 9.17) is 22.2 Å². The molecule has 6 nitrogen and oxygen atoms in total. The molecule has 0 saturated heterocycles. The number of H-pyrrole nitrogens is 1. The quantitative estimate of drug-likeness (QED) is 0.559. The van der Waals surface area contributed by atoms with Crippen molar-refractivity contribution < 1.29 is 4.74 Å². The van der Waals surface area contributed by atoms with Gasteiger partial charge >= 0.3 is 0 Å². The van der Waals surface area contributed by atoms with E-state index in [9.17, 15) is 0 Å². The zero-order chi connectivity index (χ0) is 12.3. The Labute approximate surface area is 103 Å². The highest BCUT2D eigenvalue weighted by Crippen LogP contribution is 2.30. The van der Waals surface area contributed by atoms with E-state index in [2.05, 4.69) is 20.8 Å². The molecule has 0 aliphatic rings. The zero-order valence-electron chi connectivity index (χ0n) is 9.14. The van der Waals surface area contributed by atoms with E-state index in [1.165, 1.54) is 0 Å². The third-order valence-electron chi connectivity index (χ3n) is 2.40. The number of methoxy groups -OCH3 is 1. The number of nitrogens with one attached hydrogen (secondary N) is 2. The van der Waals surface area contributed by atoms with Crippen molar-refractivity contribution in [1.29, 1.82) is 0 Å². The minimum absolute atomic E-state index is 0.331. The Hall–Kier alpha value is -1.63. The molecule has 0 bridgehead atoms. The van der Waals surface area contributed by atoms with Gasteiger partial charge < -0.3 is 4.74 Å². The number of nitrogens with zero attached hydrogens (tertiary/aromatic N) is 2. The van der Waals surface area contributed by atoms with Crippen LogP contribution < -0.4 is 16.0 Å². The molecule has 1 atom stereocenters. The number of hydrazine groups is 1. The molecule has 17 heavy (non-hydrogen) atoms. The van der Waals surface area contributed by atoms with E-state index in [0.717, 1.165) is 5.56 Å². The molecule has 1 heterocycles. The number of halogens is 1. The monoisotopic (exact) mass is 253 g/mol. The summed E-state index contributed by atoms with van der Waals surface area (Å²) in [5.74, 6) is 6.22. The number of benzene rings is 1. The van der Waals surface area contributed by atoms with Crippen LogP contribution in [-0.2, 0) is 0 Å². The lowest BCUT2D eigenvalue weighted by molar-refractivity contribution is 0.403. The highest BCUT2D eigenvalue weighted by Gasteiger charge is 2.19. The Morgan fingerprint density at radius 2 is 2.35 bits per heavy atom. The standard InChI is InChI=1S/C10H12ClN5O/c1-17-9-3-2-6(11)4-7(9)10(14-12)8-5-13-16-15-8/h2-5,10,14H,12H2,1H3,(H,13,15,16). The molecule has 0 fully saturated rings. The lowest BCUT2D eigenvalue weighted by Crippen LogP contribution is -2.29. The van der Waals surface area contributed by atoms with E-state index in [1.54, 1.807) is 31.5 Å². The van der Waals surface area contributed by atoms with Crippen molar-refractivity contribution >= 4 is 11.6 Å². The van der Waals surface area contributed by atoms with Crippen molar-refractivity contribution in [2.45, 2.75) is 6.04 Å². The van der Waals surface area contributed by atoms with Crippen molar-refractivity contribution in [3.8, 4) is 5.75 Å². The maximum Gasteiger partial charge on any atom is 0.124 e. The van der Waals surface area contributed by atoms with E-state index >= 15 is 0 Å². The number of rotatable bonds is 4. The Kier molecular flexibility index (Phi) is 3.58. The molecule has 1 unspecified atom stereocenters. The molecule has 0 aliphatic carbocycles. The molecule has 0 amide bonds. The van der Waals surface area contributed by atoms with Gasteiger partial charge in [0.2, 0.25) is 0 Å². The first-order valence-electron chi connectivity index (χ1n) is 4.91. The first-order valence-corrected chi connectivity index (χ1v) is 5.29. The fourth-order valence-electron chi connectivity index (χ4n) is 1.61. The van der Waals surface area contributed by atoms with Gasteiger partial charge in [0.05, 0.1) is 19.3 Å². The van der Waals surface area contributed by atoms with Crippen LogP contribution in [-0.4, -0.2) is 22.5 Å². The van der Waals surface area contributed by atoms with Crippen LogP contribution in [0.2, 0.25) is 5.02 Å². The van der Waals surface area contributed by atoms with Crippen LogP contribution in [0.25, 0.3) is 0 Å². The van der Waals surface area contributed by atoms with Crippen LogP contribution >= 0.6 is 11.6 Å². The fourth-order valence-corrected chi connectivity index (χ4v) is 1.80. The van der Waals surface area contributed by atoms with Crippen LogP contribution in [0.1, 0.15) is 17.3 Å². The summed E-state index contributed by atoms with van der Waals surface area (Å²) in [6, 6.07) is 4.98. The van der Waals surface area contributed by atoms with Crippen LogP contribution in [0.3, 0.4) is 0 Å². The van der Waals surface area contributed by atoms with Gasteiger partial charge in [-0.3, -0.25) is 5.84 Å². The molecular weight excluding hydrogens is 242 g/mol. The van der Waals surface area contributed by atoms with Crippen LogP contribution in [0.15, 0.2) is 24.4 Å². The summed E-state index contributed by atoms with van der Waals surface area (Å²) in [5.41, 5.74) is 4.12. The van der Waals surface area contributed by atoms with Gasteiger partial charge in [-0.1, -0.05) is 11.6 Å². The average Bonchev–Trinajstić information content (AvgIpc) is 2.84.